The number of fused-ring (bicyclic) bond motifs is 1. The molecule has 0 saturated heterocycles. The SMILES string of the molecule is Cc1cc(O)c2c(c1)/C=C/C[C@H](O)[C@H](O)C(=O)C=C[C@@H](C)COC2=O. The number of aromatic hydroxyl groups is 1. The molecule has 0 radical (unpaired) electrons. The van der Waals surface area contributed by atoms with Crippen molar-refractivity contribution in [3.63, 3.8) is 0 Å². The summed E-state index contributed by atoms with van der Waals surface area (Å²) in [5.74, 6) is -1.73. The van der Waals surface area contributed by atoms with Crippen molar-refractivity contribution in [2.24, 2.45) is 5.92 Å². The van der Waals surface area contributed by atoms with Gasteiger partial charge in [-0.15, -0.1) is 0 Å². The second-order valence-corrected chi connectivity index (χ2v) is 6.24. The van der Waals surface area contributed by atoms with Crippen molar-refractivity contribution in [3.8, 4) is 5.75 Å². The van der Waals surface area contributed by atoms with Crippen LogP contribution >= 0.6 is 0 Å². The molecular formula is C19H22O6. The van der Waals surface area contributed by atoms with Gasteiger partial charge in [0.1, 0.15) is 17.4 Å². The Balaban J connectivity index is 2.42. The third kappa shape index (κ3) is 4.78. The van der Waals surface area contributed by atoms with E-state index in [1.54, 1.807) is 26.0 Å². The molecule has 0 spiro atoms. The number of aryl methyl sites for hydroxylation is 1. The van der Waals surface area contributed by atoms with Gasteiger partial charge in [0.25, 0.3) is 0 Å². The number of rotatable bonds is 0. The van der Waals surface area contributed by atoms with Crippen LogP contribution in [0.2, 0.25) is 0 Å². The summed E-state index contributed by atoms with van der Waals surface area (Å²) in [6, 6.07) is 3.17. The Morgan fingerprint density at radius 2 is 1.88 bits per heavy atom. The molecule has 6 nitrogen and oxygen atoms in total. The highest BCUT2D eigenvalue weighted by atomic mass is 16.5. The summed E-state index contributed by atoms with van der Waals surface area (Å²) in [5.41, 5.74) is 1.24. The van der Waals surface area contributed by atoms with E-state index in [0.29, 0.717) is 5.56 Å². The number of carbonyl (C=O) groups excluding carboxylic acids is 2. The third-order valence-corrected chi connectivity index (χ3v) is 3.89. The molecule has 2 rings (SSSR count). The fourth-order valence-electron chi connectivity index (χ4n) is 2.49. The van der Waals surface area contributed by atoms with E-state index in [4.69, 9.17) is 4.74 Å². The number of aliphatic hydroxyl groups is 2. The number of carbonyl (C=O) groups is 2. The quantitative estimate of drug-likeness (QED) is 0.619. The molecule has 1 heterocycles. The van der Waals surface area contributed by atoms with E-state index in [0.717, 1.165) is 5.56 Å². The van der Waals surface area contributed by atoms with Crippen molar-refractivity contribution in [2.75, 3.05) is 6.61 Å². The van der Waals surface area contributed by atoms with Gasteiger partial charge in [-0.2, -0.15) is 0 Å². The maximum absolute atomic E-state index is 12.3. The molecule has 25 heavy (non-hydrogen) atoms. The smallest absolute Gasteiger partial charge is 0.342 e. The lowest BCUT2D eigenvalue weighted by Crippen LogP contribution is -2.32. The van der Waals surface area contributed by atoms with Crippen molar-refractivity contribution < 1.29 is 29.6 Å². The van der Waals surface area contributed by atoms with Crippen LogP contribution in [-0.4, -0.2) is 45.9 Å². The average Bonchev–Trinajstić information content (AvgIpc) is 2.55. The summed E-state index contributed by atoms with van der Waals surface area (Å²) < 4.78 is 5.22. The van der Waals surface area contributed by atoms with Crippen LogP contribution < -0.4 is 0 Å². The summed E-state index contributed by atoms with van der Waals surface area (Å²) in [4.78, 5) is 24.2. The molecule has 0 aromatic heterocycles. The van der Waals surface area contributed by atoms with Crippen LogP contribution in [-0.2, 0) is 9.53 Å². The first kappa shape index (κ1) is 18.9. The van der Waals surface area contributed by atoms with E-state index in [1.807, 2.05) is 0 Å². The van der Waals surface area contributed by atoms with Gasteiger partial charge in [0.2, 0.25) is 0 Å². The molecule has 0 fully saturated rings. The molecule has 0 amide bonds. The van der Waals surface area contributed by atoms with Crippen LogP contribution in [0, 0.1) is 12.8 Å². The van der Waals surface area contributed by atoms with Gasteiger partial charge >= 0.3 is 5.97 Å². The predicted molar refractivity (Wildman–Crippen MR) is 92.1 cm³/mol. The minimum Gasteiger partial charge on any atom is -0.507 e. The highest BCUT2D eigenvalue weighted by molar-refractivity contribution is 5.97. The molecule has 1 aromatic rings. The van der Waals surface area contributed by atoms with Gasteiger partial charge in [-0.3, -0.25) is 4.79 Å². The van der Waals surface area contributed by atoms with Crippen molar-refractivity contribution in [1.29, 1.82) is 0 Å². The fourth-order valence-corrected chi connectivity index (χ4v) is 2.49. The summed E-state index contributed by atoms with van der Waals surface area (Å²) in [7, 11) is 0. The fraction of sp³-hybridized carbons (Fsp3) is 0.368. The van der Waals surface area contributed by atoms with Crippen molar-refractivity contribution in [3.05, 3.63) is 47.1 Å². The number of cyclic esters (lactones) is 1. The first-order chi connectivity index (χ1) is 11.8. The zero-order valence-corrected chi connectivity index (χ0v) is 14.2. The lowest BCUT2D eigenvalue weighted by molar-refractivity contribution is -0.127. The Hall–Kier alpha value is -2.44. The highest BCUT2D eigenvalue weighted by Crippen LogP contribution is 2.26. The monoisotopic (exact) mass is 346 g/mol. The predicted octanol–water partition coefficient (Wildman–Crippen LogP) is 1.76. The number of phenols is 1. The van der Waals surface area contributed by atoms with Gasteiger partial charge in [-0.1, -0.05) is 31.2 Å². The normalized spacial score (nSPS) is 26.5. The number of aliphatic hydroxyl groups excluding tert-OH is 2. The Kier molecular flexibility index (Phi) is 6.12. The molecule has 0 aliphatic carbocycles. The molecule has 1 aliphatic heterocycles. The number of hydrogen-bond acceptors (Lipinski definition) is 6. The summed E-state index contributed by atoms with van der Waals surface area (Å²) in [6.45, 7) is 3.52. The maximum atomic E-state index is 12.3. The topological polar surface area (TPSA) is 104 Å². The Labute approximate surface area is 146 Å². The lowest BCUT2D eigenvalue weighted by atomic mass is 10.00. The lowest BCUT2D eigenvalue weighted by Gasteiger charge is -2.15. The summed E-state index contributed by atoms with van der Waals surface area (Å²) in [5, 5.41) is 29.9. The Bertz CT molecular complexity index is 719. The minimum atomic E-state index is -1.52. The number of ketones is 1. The molecule has 6 heteroatoms. The largest absolute Gasteiger partial charge is 0.507 e. The first-order valence-corrected chi connectivity index (χ1v) is 8.05. The second-order valence-electron chi connectivity index (χ2n) is 6.24. The summed E-state index contributed by atoms with van der Waals surface area (Å²) in [6.07, 6.45) is 2.99. The first-order valence-electron chi connectivity index (χ1n) is 8.05. The van der Waals surface area contributed by atoms with E-state index in [1.165, 1.54) is 24.3 Å². The number of esters is 1. The number of phenolic OH excluding ortho intramolecular Hbond substituents is 1. The van der Waals surface area contributed by atoms with Crippen LogP contribution in [0.15, 0.2) is 30.4 Å². The van der Waals surface area contributed by atoms with Gasteiger partial charge in [0, 0.05) is 5.92 Å². The van der Waals surface area contributed by atoms with E-state index < -0.39 is 24.0 Å². The second kappa shape index (κ2) is 8.09. The van der Waals surface area contributed by atoms with E-state index in [9.17, 15) is 24.9 Å². The summed E-state index contributed by atoms with van der Waals surface area (Å²) >= 11 is 0. The van der Waals surface area contributed by atoms with E-state index >= 15 is 0 Å². The molecule has 134 valence electrons. The minimum absolute atomic E-state index is 0.0116. The van der Waals surface area contributed by atoms with Crippen molar-refractivity contribution in [2.45, 2.75) is 32.5 Å². The van der Waals surface area contributed by atoms with Gasteiger partial charge < -0.3 is 20.1 Å². The van der Waals surface area contributed by atoms with E-state index in [2.05, 4.69) is 0 Å². The zero-order valence-electron chi connectivity index (χ0n) is 14.2. The van der Waals surface area contributed by atoms with Gasteiger partial charge in [-0.25, -0.2) is 4.79 Å². The Morgan fingerprint density at radius 3 is 2.60 bits per heavy atom. The molecule has 0 bridgehead atoms. The van der Waals surface area contributed by atoms with Crippen molar-refractivity contribution in [1.82, 2.24) is 0 Å². The van der Waals surface area contributed by atoms with Crippen LogP contribution in [0.1, 0.15) is 34.8 Å². The van der Waals surface area contributed by atoms with Crippen LogP contribution in [0.4, 0.5) is 0 Å². The zero-order chi connectivity index (χ0) is 18.6. The third-order valence-electron chi connectivity index (χ3n) is 3.89. The van der Waals surface area contributed by atoms with E-state index in [-0.39, 0.29) is 30.3 Å². The molecular weight excluding hydrogens is 324 g/mol. The average molecular weight is 346 g/mol. The Morgan fingerprint density at radius 1 is 1.16 bits per heavy atom. The van der Waals surface area contributed by atoms with Crippen LogP contribution in [0.3, 0.4) is 0 Å². The van der Waals surface area contributed by atoms with Gasteiger partial charge in [0.15, 0.2) is 5.78 Å². The number of benzene rings is 1. The maximum Gasteiger partial charge on any atom is 0.342 e. The molecule has 0 unspecified atom stereocenters. The van der Waals surface area contributed by atoms with Crippen LogP contribution in [0.25, 0.3) is 6.08 Å². The standard InChI is InChI=1S/C19H22O6/c1-11-6-7-15(21)18(23)14(20)5-3-4-13-8-12(2)9-16(22)17(13)19(24)25-10-11/h3-4,6-9,11,14,18,20,22-23H,5,10H2,1-2H3/b4-3+,7-6?/t11-,14+,18+/m1/s1. The van der Waals surface area contributed by atoms with Gasteiger partial charge in [-0.05, 0) is 36.6 Å². The molecule has 0 saturated carbocycles. The number of hydrogen-bond donors (Lipinski definition) is 3. The van der Waals surface area contributed by atoms with Gasteiger partial charge in [0.05, 0.1) is 12.7 Å². The molecule has 1 aromatic carbocycles. The number of ether oxygens (including phenoxy) is 1. The van der Waals surface area contributed by atoms with Crippen molar-refractivity contribution >= 4 is 17.8 Å². The molecule has 3 N–H and O–H groups in total. The molecule has 3 atom stereocenters. The highest BCUT2D eigenvalue weighted by Gasteiger charge is 2.22. The van der Waals surface area contributed by atoms with Crippen LogP contribution in [0.5, 0.6) is 5.75 Å². The molecule has 1 aliphatic rings.